The molecule has 0 unspecified atom stereocenters. The third-order valence-electron chi connectivity index (χ3n) is 10.9. The molecule has 3 aliphatic rings. The fourth-order valence-electron chi connectivity index (χ4n) is 7.30. The molecule has 3 saturated heterocycles. The largest absolute Gasteiger partial charge is 0.507 e. The summed E-state index contributed by atoms with van der Waals surface area (Å²) in [5.74, 6) is -5.91. The van der Waals surface area contributed by atoms with Crippen molar-refractivity contribution in [1.82, 2.24) is 10.6 Å². The Bertz CT molecular complexity index is 1650. The zero-order valence-electron chi connectivity index (χ0n) is 34.2. The molecule has 3 fully saturated rings. The maximum absolute atomic E-state index is 13.3. The number of hydrogen-bond donors (Lipinski definition) is 8. The minimum Gasteiger partial charge on any atom is -0.507 e. The van der Waals surface area contributed by atoms with Gasteiger partial charge in [0, 0.05) is 38.0 Å². The quantitative estimate of drug-likeness (QED) is 0.0489. The van der Waals surface area contributed by atoms with E-state index in [9.17, 15) is 45.0 Å². The first-order chi connectivity index (χ1) is 26.9. The number of allylic oxidation sites excluding steroid dienone is 10. The average molecular weight is 799 g/mol. The number of Topliss-reactive ketones (excluding diaryl/α,β-unsaturated/α-hetero) is 1. The number of carbonyl (C=O) groups excluding carboxylic acids is 3. The van der Waals surface area contributed by atoms with Crippen LogP contribution < -0.4 is 10.6 Å². The molecule has 2 amide bonds. The zero-order chi connectivity index (χ0) is 42.7. The van der Waals surface area contributed by atoms with Crippen molar-refractivity contribution < 1.29 is 59.2 Å². The number of carbonyl (C=O) groups is 3. The smallest absolute Gasteiger partial charge is 0.258 e. The number of rotatable bonds is 16. The third kappa shape index (κ3) is 11.1. The van der Waals surface area contributed by atoms with E-state index in [1.807, 2.05) is 26.8 Å². The average Bonchev–Trinajstić information content (AvgIpc) is 3.45. The van der Waals surface area contributed by atoms with E-state index in [4.69, 9.17) is 14.2 Å². The lowest BCUT2D eigenvalue weighted by atomic mass is 9.71. The first-order valence-electron chi connectivity index (χ1n) is 19.4. The Morgan fingerprint density at radius 3 is 2.32 bits per heavy atom. The number of ether oxygens (including phenoxy) is 3. The molecule has 0 aromatic heterocycles. The van der Waals surface area contributed by atoms with Gasteiger partial charge in [0.25, 0.3) is 5.91 Å². The molecule has 3 rings (SSSR count). The summed E-state index contributed by atoms with van der Waals surface area (Å²) in [4.78, 5) is 37.4. The van der Waals surface area contributed by atoms with Gasteiger partial charge in [0.2, 0.25) is 11.7 Å². The van der Waals surface area contributed by atoms with Crippen LogP contribution in [0.2, 0.25) is 0 Å². The van der Waals surface area contributed by atoms with Gasteiger partial charge in [-0.25, -0.2) is 0 Å². The summed E-state index contributed by atoms with van der Waals surface area (Å²) in [5.41, 5.74) is -0.119. The van der Waals surface area contributed by atoms with E-state index in [1.54, 1.807) is 88.5 Å². The molecule has 0 spiro atoms. The summed E-state index contributed by atoms with van der Waals surface area (Å²) >= 11 is 0. The number of hydrogen-bond acceptors (Lipinski definition) is 12. The molecular formula is C43H62N2O12. The highest BCUT2D eigenvalue weighted by molar-refractivity contribution is 6.21. The fraction of sp³-hybridized carbons (Fsp3) is 0.558. The lowest BCUT2D eigenvalue weighted by Crippen LogP contribution is -2.69. The van der Waals surface area contributed by atoms with E-state index >= 15 is 0 Å². The van der Waals surface area contributed by atoms with Crippen LogP contribution in [0.5, 0.6) is 0 Å². The molecule has 14 nitrogen and oxygen atoms in total. The summed E-state index contributed by atoms with van der Waals surface area (Å²) in [6.07, 6.45) is 11.9. The molecular weight excluding hydrogens is 736 g/mol. The Morgan fingerprint density at radius 2 is 1.68 bits per heavy atom. The van der Waals surface area contributed by atoms with E-state index in [1.165, 1.54) is 13.2 Å². The molecule has 0 bridgehead atoms. The van der Waals surface area contributed by atoms with Gasteiger partial charge in [-0.2, -0.15) is 0 Å². The zero-order valence-corrected chi connectivity index (χ0v) is 34.2. The highest BCUT2D eigenvalue weighted by atomic mass is 16.7. The van der Waals surface area contributed by atoms with Gasteiger partial charge in [0.1, 0.15) is 35.7 Å². The first-order valence-corrected chi connectivity index (χ1v) is 19.4. The number of methoxy groups -OCH3 is 1. The van der Waals surface area contributed by atoms with Crippen LogP contribution in [0.3, 0.4) is 0 Å². The molecule has 14 heteroatoms. The number of aliphatic hydroxyl groups is 6. The predicted molar refractivity (Wildman–Crippen MR) is 214 cm³/mol. The topological polar surface area (TPSA) is 224 Å². The standard InChI is InChI=1S/C43H62N2O12/c1-9-11-13-21-31-42(6,7)38(50)39(51)43(54,57-31)28(10-2)40(52)44-23-17-16-19-26(4)36(55-8)27(5)37-35(49)34(48)30(56-37)20-15-12-14-18-25(3)33(47)32-29(46)22-24-45-41(32)53/h9,11-21,27-28,30-31,34-39,47-51,54H,10,22-24H2,1-8H3,(H,44,52)(H,45,53)/b11-9-,14-12+,17-16+,20-15+,21-13+,25-18+,26-19+,33-32?/t27-,28-,30-,31+,34+,35+,36-,37+,38+,39-,43-/m1/s1. The molecule has 0 saturated carbocycles. The first kappa shape index (κ1) is 47.4. The second-order valence-corrected chi connectivity index (χ2v) is 15.3. The van der Waals surface area contributed by atoms with Crippen molar-refractivity contribution in [3.8, 4) is 0 Å². The van der Waals surface area contributed by atoms with Gasteiger partial charge in [-0.1, -0.05) is 101 Å². The fourth-order valence-corrected chi connectivity index (χ4v) is 7.30. The summed E-state index contributed by atoms with van der Waals surface area (Å²) in [6, 6.07) is 0. The van der Waals surface area contributed by atoms with Gasteiger partial charge in [-0.05, 0) is 38.3 Å². The molecule has 11 atom stereocenters. The summed E-state index contributed by atoms with van der Waals surface area (Å²) in [7, 11) is 1.53. The highest BCUT2D eigenvalue weighted by Gasteiger charge is 2.60. The number of piperidine rings is 1. The van der Waals surface area contributed by atoms with Crippen molar-refractivity contribution in [2.75, 3.05) is 20.2 Å². The summed E-state index contributed by atoms with van der Waals surface area (Å²) in [6.45, 7) is 12.5. The Balaban J connectivity index is 1.60. The summed E-state index contributed by atoms with van der Waals surface area (Å²) < 4.78 is 17.8. The molecule has 3 aliphatic heterocycles. The van der Waals surface area contributed by atoms with Gasteiger partial charge < -0.3 is 55.5 Å². The molecule has 0 radical (unpaired) electrons. The molecule has 3 heterocycles. The van der Waals surface area contributed by atoms with Crippen LogP contribution in [-0.4, -0.2) is 123 Å². The van der Waals surface area contributed by atoms with Crippen LogP contribution >= 0.6 is 0 Å². The van der Waals surface area contributed by atoms with Gasteiger partial charge in [0.05, 0.1) is 30.3 Å². The lowest BCUT2D eigenvalue weighted by Gasteiger charge is -2.53. The van der Waals surface area contributed by atoms with Gasteiger partial charge in [-0.15, -0.1) is 0 Å². The van der Waals surface area contributed by atoms with Gasteiger partial charge in [0.15, 0.2) is 5.78 Å². The number of amides is 2. The Morgan fingerprint density at radius 1 is 1.00 bits per heavy atom. The van der Waals surface area contributed by atoms with E-state index in [-0.39, 0.29) is 37.3 Å². The number of nitrogens with one attached hydrogen (secondary N) is 2. The van der Waals surface area contributed by atoms with Gasteiger partial charge in [-0.3, -0.25) is 14.4 Å². The predicted octanol–water partition coefficient (Wildman–Crippen LogP) is 2.70. The second-order valence-electron chi connectivity index (χ2n) is 15.3. The Kier molecular flexibility index (Phi) is 17.6. The minimum atomic E-state index is -2.34. The van der Waals surface area contributed by atoms with Crippen LogP contribution in [0.25, 0.3) is 0 Å². The molecule has 8 N–H and O–H groups in total. The van der Waals surface area contributed by atoms with Crippen molar-refractivity contribution in [1.29, 1.82) is 0 Å². The van der Waals surface area contributed by atoms with Crippen LogP contribution in [0, 0.1) is 17.3 Å². The van der Waals surface area contributed by atoms with Crippen LogP contribution in [-0.2, 0) is 28.6 Å². The van der Waals surface area contributed by atoms with Gasteiger partial charge >= 0.3 is 0 Å². The molecule has 57 heavy (non-hydrogen) atoms. The van der Waals surface area contributed by atoms with E-state index < -0.39 is 89.5 Å². The molecule has 0 aliphatic carbocycles. The number of ketones is 1. The SMILES string of the molecule is C/C=C\C=C\[C@@H]1O[C@](O)([C@H](CC)C(=O)NC/C=C/C=C(\C)[C@@H](OC)[C@@H](C)[C@@H]2O[C@H](/C=C/C=C/C=C(\C)C(O)=C3C(=O)CCNC3=O)[C@H](O)[C@@H]2O)[C@H](O)[C@H](O)C1(C)C. The second kappa shape index (κ2) is 21.1. The minimum absolute atomic E-state index is 0.0847. The van der Waals surface area contributed by atoms with Crippen LogP contribution in [0.4, 0.5) is 0 Å². The van der Waals surface area contributed by atoms with Crippen molar-refractivity contribution in [2.24, 2.45) is 17.3 Å². The Hall–Kier alpha value is -3.99. The van der Waals surface area contributed by atoms with Crippen LogP contribution in [0.1, 0.15) is 61.3 Å². The van der Waals surface area contributed by atoms with E-state index in [0.717, 1.165) is 5.57 Å². The number of aliphatic hydroxyl groups excluding tert-OH is 5. The highest BCUT2D eigenvalue weighted by Crippen LogP contribution is 2.44. The van der Waals surface area contributed by atoms with E-state index in [0.29, 0.717) is 5.57 Å². The molecule has 316 valence electrons. The van der Waals surface area contributed by atoms with Crippen molar-refractivity contribution in [3.63, 3.8) is 0 Å². The molecule has 0 aromatic rings. The Labute approximate surface area is 335 Å². The van der Waals surface area contributed by atoms with Crippen molar-refractivity contribution in [3.05, 3.63) is 95.4 Å². The maximum atomic E-state index is 13.3. The van der Waals surface area contributed by atoms with Crippen molar-refractivity contribution in [2.45, 2.75) is 116 Å². The monoisotopic (exact) mass is 798 g/mol. The maximum Gasteiger partial charge on any atom is 0.258 e. The lowest BCUT2D eigenvalue weighted by molar-refractivity contribution is -0.359. The van der Waals surface area contributed by atoms with Crippen LogP contribution in [0.15, 0.2) is 95.4 Å². The third-order valence-corrected chi connectivity index (χ3v) is 10.9. The van der Waals surface area contributed by atoms with E-state index in [2.05, 4.69) is 10.6 Å². The normalized spacial score (nSPS) is 32.8. The molecule has 0 aromatic carbocycles. The summed E-state index contributed by atoms with van der Waals surface area (Å²) in [5, 5.41) is 70.9. The van der Waals surface area contributed by atoms with Crippen molar-refractivity contribution >= 4 is 17.6 Å².